The molecule has 3 aromatic rings. The van der Waals surface area contributed by atoms with Gasteiger partial charge in [-0.2, -0.15) is 0 Å². The van der Waals surface area contributed by atoms with Crippen molar-refractivity contribution in [2.45, 2.75) is 38.9 Å². The van der Waals surface area contributed by atoms with Crippen LogP contribution in [0.4, 0.5) is 4.79 Å². The monoisotopic (exact) mass is 517 g/mol. The average Bonchev–Trinajstić information content (AvgIpc) is 2.96. The third-order valence-corrected chi connectivity index (χ3v) is 6.55. The minimum absolute atomic E-state index is 0.0615. The zero-order valence-corrected chi connectivity index (χ0v) is 21.0. The van der Waals surface area contributed by atoms with E-state index in [0.717, 1.165) is 24.0 Å². The Bertz CT molecular complexity index is 1220. The molecule has 3 aromatic carbocycles. The number of nitrogens with one attached hydrogen (secondary N) is 1. The second-order valence-corrected chi connectivity index (χ2v) is 9.32. The molecule has 2 N–H and O–H groups in total. The molecule has 0 aromatic heterocycles. The van der Waals surface area contributed by atoms with Crippen molar-refractivity contribution in [3.8, 4) is 11.5 Å². The van der Waals surface area contributed by atoms with Crippen LogP contribution < -0.4 is 10.1 Å². The summed E-state index contributed by atoms with van der Waals surface area (Å²) in [6.07, 6.45) is 2.35. The third kappa shape index (κ3) is 7.83. The molecule has 0 atom stereocenters. The molecular weight excluding hydrogens is 486 g/mol. The van der Waals surface area contributed by atoms with Gasteiger partial charge in [0.25, 0.3) is 0 Å². The molecule has 38 heavy (non-hydrogen) atoms. The van der Waals surface area contributed by atoms with Crippen LogP contribution in [0.1, 0.15) is 47.2 Å². The van der Waals surface area contributed by atoms with E-state index in [1.807, 2.05) is 60.7 Å². The highest BCUT2D eigenvalue weighted by molar-refractivity contribution is 5.93. The fourth-order valence-electron chi connectivity index (χ4n) is 4.35. The molecular formula is C30H31NO7. The van der Waals surface area contributed by atoms with Crippen LogP contribution in [0, 0.1) is 11.8 Å². The number of hydrogen-bond donors (Lipinski definition) is 2. The van der Waals surface area contributed by atoms with Crippen LogP contribution in [-0.4, -0.2) is 29.7 Å². The van der Waals surface area contributed by atoms with Gasteiger partial charge in [0.05, 0.1) is 5.92 Å². The molecule has 0 spiro atoms. The topological polar surface area (TPSA) is 111 Å². The molecule has 0 heterocycles. The fraction of sp³-hybridized carbons (Fsp3) is 0.300. The summed E-state index contributed by atoms with van der Waals surface area (Å²) in [6, 6.07) is 22.7. The molecule has 0 bridgehead atoms. The van der Waals surface area contributed by atoms with Gasteiger partial charge in [-0.15, -0.1) is 0 Å². The largest absolute Gasteiger partial charge is 0.507 e. The number of aromatic hydroxyl groups is 1. The van der Waals surface area contributed by atoms with Crippen molar-refractivity contribution in [3.05, 3.63) is 95.6 Å². The molecule has 1 saturated carbocycles. The lowest BCUT2D eigenvalue weighted by atomic mass is 9.82. The van der Waals surface area contributed by atoms with E-state index in [4.69, 9.17) is 14.2 Å². The number of benzene rings is 3. The Kier molecular flexibility index (Phi) is 9.34. The second-order valence-electron chi connectivity index (χ2n) is 9.32. The first kappa shape index (κ1) is 26.7. The Morgan fingerprint density at radius 3 is 2.03 bits per heavy atom. The number of alkyl carbamates (subject to hydrolysis) is 1. The molecule has 1 aliphatic rings. The number of carbonyl (C=O) groups is 3. The van der Waals surface area contributed by atoms with Gasteiger partial charge in [-0.1, -0.05) is 60.7 Å². The molecule has 1 aliphatic carbocycles. The molecule has 1 amide bonds. The molecule has 0 saturated heterocycles. The van der Waals surface area contributed by atoms with E-state index >= 15 is 0 Å². The molecule has 0 unspecified atom stereocenters. The van der Waals surface area contributed by atoms with E-state index in [-0.39, 0.29) is 48.1 Å². The maximum absolute atomic E-state index is 12.7. The van der Waals surface area contributed by atoms with Crippen LogP contribution in [0.5, 0.6) is 11.5 Å². The van der Waals surface area contributed by atoms with E-state index in [2.05, 4.69) is 5.32 Å². The number of phenols is 1. The number of rotatable bonds is 9. The summed E-state index contributed by atoms with van der Waals surface area (Å²) < 4.78 is 16.0. The number of phenolic OH excluding ortho intramolecular Hbond substituents is 1. The van der Waals surface area contributed by atoms with Gasteiger partial charge in [-0.3, -0.25) is 4.79 Å². The molecule has 1 fully saturated rings. The van der Waals surface area contributed by atoms with Crippen LogP contribution in [0.3, 0.4) is 0 Å². The van der Waals surface area contributed by atoms with Gasteiger partial charge in [0.2, 0.25) is 0 Å². The molecule has 0 radical (unpaired) electrons. The Labute approximate surface area is 221 Å². The van der Waals surface area contributed by atoms with Gasteiger partial charge < -0.3 is 24.6 Å². The van der Waals surface area contributed by atoms with Gasteiger partial charge >= 0.3 is 18.0 Å². The summed E-state index contributed by atoms with van der Waals surface area (Å²) in [5, 5.41) is 12.9. The van der Waals surface area contributed by atoms with Gasteiger partial charge in [0.1, 0.15) is 30.3 Å². The Balaban J connectivity index is 1.20. The summed E-state index contributed by atoms with van der Waals surface area (Å²) in [4.78, 5) is 37.2. The lowest BCUT2D eigenvalue weighted by Crippen LogP contribution is -2.33. The van der Waals surface area contributed by atoms with Crippen LogP contribution >= 0.6 is 0 Å². The normalized spacial score (nSPS) is 16.7. The molecule has 8 nitrogen and oxygen atoms in total. The summed E-state index contributed by atoms with van der Waals surface area (Å²) in [7, 11) is 0. The minimum Gasteiger partial charge on any atom is -0.507 e. The number of amides is 1. The zero-order chi connectivity index (χ0) is 26.7. The minimum atomic E-state index is -0.709. The van der Waals surface area contributed by atoms with E-state index in [1.165, 1.54) is 18.2 Å². The molecule has 198 valence electrons. The molecule has 8 heteroatoms. The SMILES string of the molecule is O=C(NCC1CCC(C(=O)Oc2ccc(O)c(C(=O)OCc3ccccc3)c2)CC1)OCc1ccccc1. The highest BCUT2D eigenvalue weighted by Crippen LogP contribution is 2.31. The standard InChI is InChI=1S/C30H31NO7/c32-27-16-15-25(17-26(27)29(34)36-19-22-7-3-1-4-8-22)38-28(33)24-13-11-21(12-14-24)18-31-30(35)37-20-23-9-5-2-6-10-23/h1-10,15-17,21,24,32H,11-14,18-20H2,(H,31,35). The average molecular weight is 518 g/mol. The summed E-state index contributed by atoms with van der Waals surface area (Å²) >= 11 is 0. The predicted molar refractivity (Wildman–Crippen MR) is 139 cm³/mol. The lowest BCUT2D eigenvalue weighted by molar-refractivity contribution is -0.140. The summed E-state index contributed by atoms with van der Waals surface area (Å²) in [5.41, 5.74) is 1.67. The predicted octanol–water partition coefficient (Wildman–Crippen LogP) is 5.39. The maximum Gasteiger partial charge on any atom is 0.407 e. The van der Waals surface area contributed by atoms with Gasteiger partial charge in [-0.25, -0.2) is 9.59 Å². The quantitative estimate of drug-likeness (QED) is 0.289. The van der Waals surface area contributed by atoms with Crippen LogP contribution in [-0.2, 0) is 27.5 Å². The van der Waals surface area contributed by atoms with E-state index in [9.17, 15) is 19.5 Å². The number of hydrogen-bond acceptors (Lipinski definition) is 7. The lowest BCUT2D eigenvalue weighted by Gasteiger charge is -2.27. The summed E-state index contributed by atoms with van der Waals surface area (Å²) in [5.74, 6) is -1.20. The maximum atomic E-state index is 12.7. The van der Waals surface area contributed by atoms with Crippen molar-refractivity contribution >= 4 is 18.0 Å². The van der Waals surface area contributed by atoms with Crippen LogP contribution in [0.25, 0.3) is 0 Å². The van der Waals surface area contributed by atoms with Crippen molar-refractivity contribution < 1.29 is 33.7 Å². The highest BCUT2D eigenvalue weighted by Gasteiger charge is 2.28. The first-order valence-corrected chi connectivity index (χ1v) is 12.7. The fourth-order valence-corrected chi connectivity index (χ4v) is 4.35. The van der Waals surface area contributed by atoms with Gasteiger partial charge in [-0.05, 0) is 60.9 Å². The Morgan fingerprint density at radius 1 is 0.789 bits per heavy atom. The van der Waals surface area contributed by atoms with Crippen molar-refractivity contribution in [2.24, 2.45) is 11.8 Å². The molecule has 0 aliphatic heterocycles. The van der Waals surface area contributed by atoms with Crippen molar-refractivity contribution in [2.75, 3.05) is 6.54 Å². The van der Waals surface area contributed by atoms with E-state index in [0.29, 0.717) is 19.4 Å². The Hall–Kier alpha value is -4.33. The van der Waals surface area contributed by atoms with E-state index < -0.39 is 12.1 Å². The highest BCUT2D eigenvalue weighted by atomic mass is 16.6. The van der Waals surface area contributed by atoms with Crippen LogP contribution in [0.15, 0.2) is 78.9 Å². The van der Waals surface area contributed by atoms with E-state index in [1.54, 1.807) is 0 Å². The van der Waals surface area contributed by atoms with Crippen LogP contribution in [0.2, 0.25) is 0 Å². The first-order valence-electron chi connectivity index (χ1n) is 12.7. The Morgan fingerprint density at radius 2 is 1.39 bits per heavy atom. The molecule has 4 rings (SSSR count). The van der Waals surface area contributed by atoms with Crippen molar-refractivity contribution in [3.63, 3.8) is 0 Å². The third-order valence-electron chi connectivity index (χ3n) is 6.55. The van der Waals surface area contributed by atoms with Gasteiger partial charge in [0, 0.05) is 6.54 Å². The zero-order valence-electron chi connectivity index (χ0n) is 21.0. The number of esters is 2. The first-order chi connectivity index (χ1) is 18.5. The van der Waals surface area contributed by atoms with Crippen molar-refractivity contribution in [1.82, 2.24) is 5.32 Å². The smallest absolute Gasteiger partial charge is 0.407 e. The van der Waals surface area contributed by atoms with Gasteiger partial charge in [0.15, 0.2) is 0 Å². The van der Waals surface area contributed by atoms with Crippen molar-refractivity contribution in [1.29, 1.82) is 0 Å². The summed E-state index contributed by atoms with van der Waals surface area (Å²) in [6.45, 7) is 0.767. The number of carbonyl (C=O) groups excluding carboxylic acids is 3. The second kappa shape index (κ2) is 13.3. The number of ether oxygens (including phenoxy) is 3.